The Kier molecular flexibility index (Phi) is 3.19. The Hall–Kier alpha value is -2.49. The van der Waals surface area contributed by atoms with Crippen molar-refractivity contribution in [1.82, 2.24) is 0 Å². The number of ether oxygens (including phenoxy) is 1. The van der Waals surface area contributed by atoms with Crippen LogP contribution >= 0.6 is 0 Å². The van der Waals surface area contributed by atoms with Crippen LogP contribution in [0, 0.1) is 0 Å². The van der Waals surface area contributed by atoms with Gasteiger partial charge in [0.25, 0.3) is 0 Å². The Morgan fingerprint density at radius 3 is 2.00 bits per heavy atom. The van der Waals surface area contributed by atoms with Crippen LogP contribution in [0.4, 0.5) is 0 Å². The average Bonchev–Trinajstić information content (AvgIpc) is 2.37. The summed E-state index contributed by atoms with van der Waals surface area (Å²) in [6, 6.07) is 10.4. The largest absolute Gasteiger partial charge is 0.508 e. The van der Waals surface area contributed by atoms with E-state index in [9.17, 15) is 15.0 Å². The molecule has 0 aliphatic heterocycles. The van der Waals surface area contributed by atoms with E-state index in [-0.39, 0.29) is 22.8 Å². The lowest BCUT2D eigenvalue weighted by Crippen LogP contribution is -2.00. The number of carbonyl (C=O) groups excluding carboxylic acids is 1. The maximum absolute atomic E-state index is 12.1. The third kappa shape index (κ3) is 2.43. The highest BCUT2D eigenvalue weighted by Gasteiger charge is 2.11. The predicted molar refractivity (Wildman–Crippen MR) is 66.2 cm³/mol. The highest BCUT2D eigenvalue weighted by Crippen LogP contribution is 2.23. The molecule has 2 aromatic carbocycles. The van der Waals surface area contributed by atoms with Crippen molar-refractivity contribution in [2.75, 3.05) is 7.11 Å². The van der Waals surface area contributed by atoms with Gasteiger partial charge in [-0.15, -0.1) is 0 Å². The summed E-state index contributed by atoms with van der Waals surface area (Å²) < 4.78 is 5.00. The minimum atomic E-state index is -0.274. The Balaban J connectivity index is 2.34. The molecule has 0 amide bonds. The highest BCUT2D eigenvalue weighted by atomic mass is 16.5. The lowest BCUT2D eigenvalue weighted by Gasteiger charge is -2.04. The molecule has 0 bridgehead atoms. The molecule has 0 unspecified atom stereocenters. The van der Waals surface area contributed by atoms with E-state index < -0.39 is 0 Å². The van der Waals surface area contributed by atoms with Gasteiger partial charge >= 0.3 is 0 Å². The summed E-state index contributed by atoms with van der Waals surface area (Å²) in [4.78, 5) is 12.1. The summed E-state index contributed by atoms with van der Waals surface area (Å²) in [6.45, 7) is 0. The van der Waals surface area contributed by atoms with Crippen LogP contribution in [0.15, 0.2) is 42.5 Å². The summed E-state index contributed by atoms with van der Waals surface area (Å²) >= 11 is 0. The van der Waals surface area contributed by atoms with Crippen molar-refractivity contribution in [2.45, 2.75) is 0 Å². The molecule has 0 radical (unpaired) electrons. The van der Waals surface area contributed by atoms with Crippen molar-refractivity contribution in [2.24, 2.45) is 0 Å². The first-order valence-electron chi connectivity index (χ1n) is 5.32. The monoisotopic (exact) mass is 244 g/mol. The summed E-state index contributed by atoms with van der Waals surface area (Å²) in [7, 11) is 1.55. The second-order valence-electron chi connectivity index (χ2n) is 3.80. The summed E-state index contributed by atoms with van der Waals surface area (Å²) in [6.07, 6.45) is 0. The molecule has 18 heavy (non-hydrogen) atoms. The molecule has 0 aliphatic rings. The van der Waals surface area contributed by atoms with Crippen LogP contribution < -0.4 is 4.74 Å². The molecule has 2 aromatic rings. The van der Waals surface area contributed by atoms with E-state index in [1.165, 1.54) is 18.2 Å². The van der Waals surface area contributed by atoms with E-state index in [1.807, 2.05) is 0 Å². The molecule has 2 N–H and O–H groups in total. The van der Waals surface area contributed by atoms with E-state index in [0.29, 0.717) is 11.3 Å². The average molecular weight is 244 g/mol. The molecule has 4 heteroatoms. The topological polar surface area (TPSA) is 66.8 Å². The van der Waals surface area contributed by atoms with E-state index in [0.717, 1.165) is 0 Å². The van der Waals surface area contributed by atoms with E-state index in [4.69, 9.17) is 4.74 Å². The zero-order valence-corrected chi connectivity index (χ0v) is 9.75. The minimum Gasteiger partial charge on any atom is -0.508 e. The summed E-state index contributed by atoms with van der Waals surface area (Å²) in [5.41, 5.74) is 0.693. The third-order valence-electron chi connectivity index (χ3n) is 2.52. The zero-order valence-electron chi connectivity index (χ0n) is 9.75. The quantitative estimate of drug-likeness (QED) is 0.813. The number of phenols is 2. The Labute approximate surface area is 104 Å². The molecule has 92 valence electrons. The van der Waals surface area contributed by atoms with Crippen LogP contribution in [0.25, 0.3) is 0 Å². The number of carbonyl (C=O) groups is 1. The molecule has 2 rings (SSSR count). The molecule has 0 saturated heterocycles. The second kappa shape index (κ2) is 4.79. The van der Waals surface area contributed by atoms with Gasteiger partial charge in [-0.1, -0.05) is 0 Å². The van der Waals surface area contributed by atoms with Crippen LogP contribution in [0.2, 0.25) is 0 Å². The number of aromatic hydroxyl groups is 2. The van der Waals surface area contributed by atoms with Crippen LogP contribution in [0.3, 0.4) is 0 Å². The van der Waals surface area contributed by atoms with Gasteiger partial charge in [0, 0.05) is 17.2 Å². The SMILES string of the molecule is COc1ccc(C(=O)c2cc(O)cc(O)c2)cc1. The standard InChI is InChI=1S/C14H12O4/c1-18-13-4-2-9(3-5-13)14(17)10-6-11(15)8-12(16)7-10/h2-8,15-16H,1H3. The molecule has 0 fully saturated rings. The molecular formula is C14H12O4. The number of hydrogen-bond donors (Lipinski definition) is 2. The maximum Gasteiger partial charge on any atom is 0.193 e. The number of methoxy groups -OCH3 is 1. The number of benzene rings is 2. The lowest BCUT2D eigenvalue weighted by molar-refractivity contribution is 0.103. The molecule has 0 heterocycles. The molecule has 0 aliphatic carbocycles. The first-order chi connectivity index (χ1) is 8.60. The van der Waals surface area contributed by atoms with Gasteiger partial charge in [-0.05, 0) is 36.4 Å². The second-order valence-corrected chi connectivity index (χ2v) is 3.80. The van der Waals surface area contributed by atoms with Crippen LogP contribution in [-0.2, 0) is 0 Å². The smallest absolute Gasteiger partial charge is 0.193 e. The fourth-order valence-corrected chi connectivity index (χ4v) is 1.64. The predicted octanol–water partition coefficient (Wildman–Crippen LogP) is 2.34. The molecular weight excluding hydrogens is 232 g/mol. The Morgan fingerprint density at radius 2 is 1.50 bits per heavy atom. The number of hydrogen-bond acceptors (Lipinski definition) is 4. The molecule has 0 aromatic heterocycles. The van der Waals surface area contributed by atoms with Gasteiger partial charge in [0.05, 0.1) is 7.11 Å². The van der Waals surface area contributed by atoms with Crippen molar-refractivity contribution in [1.29, 1.82) is 0 Å². The lowest BCUT2D eigenvalue weighted by atomic mass is 10.0. The van der Waals surface area contributed by atoms with Crippen LogP contribution in [0.1, 0.15) is 15.9 Å². The van der Waals surface area contributed by atoms with Gasteiger partial charge in [0.2, 0.25) is 0 Å². The van der Waals surface area contributed by atoms with Crippen molar-refractivity contribution in [3.05, 3.63) is 53.6 Å². The first-order valence-corrected chi connectivity index (χ1v) is 5.32. The minimum absolute atomic E-state index is 0.146. The fourth-order valence-electron chi connectivity index (χ4n) is 1.64. The van der Waals surface area contributed by atoms with Gasteiger partial charge in [-0.2, -0.15) is 0 Å². The number of ketones is 1. The summed E-state index contributed by atoms with van der Waals surface area (Å²) in [5, 5.41) is 18.7. The molecule has 0 spiro atoms. The van der Waals surface area contributed by atoms with E-state index in [2.05, 4.69) is 0 Å². The molecule has 0 atom stereocenters. The molecule has 4 nitrogen and oxygen atoms in total. The van der Waals surface area contributed by atoms with Gasteiger partial charge in [-0.3, -0.25) is 4.79 Å². The Morgan fingerprint density at radius 1 is 0.944 bits per heavy atom. The van der Waals surface area contributed by atoms with Crippen LogP contribution in [-0.4, -0.2) is 23.1 Å². The van der Waals surface area contributed by atoms with Gasteiger partial charge in [0.1, 0.15) is 17.2 Å². The first kappa shape index (κ1) is 12.0. The zero-order chi connectivity index (χ0) is 13.1. The normalized spacial score (nSPS) is 10.1. The van der Waals surface area contributed by atoms with Gasteiger partial charge in [0.15, 0.2) is 5.78 Å². The Bertz CT molecular complexity index is 553. The van der Waals surface area contributed by atoms with Gasteiger partial charge < -0.3 is 14.9 Å². The van der Waals surface area contributed by atoms with Crippen molar-refractivity contribution < 1.29 is 19.7 Å². The number of rotatable bonds is 3. The highest BCUT2D eigenvalue weighted by molar-refractivity contribution is 6.09. The fraction of sp³-hybridized carbons (Fsp3) is 0.0714. The number of phenolic OH excluding ortho intramolecular Hbond substituents is 2. The molecule has 0 saturated carbocycles. The van der Waals surface area contributed by atoms with E-state index >= 15 is 0 Å². The van der Waals surface area contributed by atoms with Gasteiger partial charge in [-0.25, -0.2) is 0 Å². The summed E-state index contributed by atoms with van der Waals surface area (Å²) in [5.74, 6) is 0.0906. The van der Waals surface area contributed by atoms with E-state index in [1.54, 1.807) is 31.4 Å². The maximum atomic E-state index is 12.1. The van der Waals surface area contributed by atoms with Crippen LogP contribution in [0.5, 0.6) is 17.2 Å². The van der Waals surface area contributed by atoms with Crippen molar-refractivity contribution in [3.8, 4) is 17.2 Å². The third-order valence-corrected chi connectivity index (χ3v) is 2.52. The van der Waals surface area contributed by atoms with Crippen molar-refractivity contribution >= 4 is 5.78 Å². The van der Waals surface area contributed by atoms with Crippen molar-refractivity contribution in [3.63, 3.8) is 0 Å².